The fourth-order valence-corrected chi connectivity index (χ4v) is 2.07. The molecule has 1 N–H and O–H groups in total. The van der Waals surface area contributed by atoms with Crippen molar-refractivity contribution in [1.29, 1.82) is 0 Å². The number of aliphatic carboxylic acids is 1. The molecule has 0 bridgehead atoms. The SMILES string of the molecule is CCCCCCC[C@@H]1OC(=O)C[C@H]1C(=O)O. The molecule has 0 amide bonds. The first-order chi connectivity index (χ1) is 7.65. The lowest BCUT2D eigenvalue weighted by Gasteiger charge is -2.13. The third-order valence-electron chi connectivity index (χ3n) is 3.03. The minimum Gasteiger partial charge on any atom is -0.481 e. The number of unbranched alkanes of at least 4 members (excludes halogenated alkanes) is 4. The van der Waals surface area contributed by atoms with E-state index in [1.54, 1.807) is 0 Å². The van der Waals surface area contributed by atoms with E-state index in [4.69, 9.17) is 9.84 Å². The van der Waals surface area contributed by atoms with Gasteiger partial charge in [0.1, 0.15) is 12.0 Å². The van der Waals surface area contributed by atoms with Gasteiger partial charge in [-0.3, -0.25) is 9.59 Å². The quantitative estimate of drug-likeness (QED) is 0.536. The molecule has 0 aliphatic carbocycles. The summed E-state index contributed by atoms with van der Waals surface area (Å²) in [4.78, 5) is 21.9. The maximum atomic E-state index is 11.0. The Morgan fingerprint density at radius 1 is 1.38 bits per heavy atom. The molecule has 1 aliphatic rings. The summed E-state index contributed by atoms with van der Waals surface area (Å²) in [6.45, 7) is 2.15. The second-order valence-electron chi connectivity index (χ2n) is 4.38. The van der Waals surface area contributed by atoms with Crippen LogP contribution in [0.1, 0.15) is 51.9 Å². The minimum atomic E-state index is -0.913. The summed E-state index contributed by atoms with van der Waals surface area (Å²) in [6.07, 6.45) is 5.95. The standard InChI is InChI=1S/C12H20O4/c1-2-3-4-5-6-7-10-9(12(14)15)8-11(13)16-10/h9-10H,2-8H2,1H3,(H,14,15)/t9-,10+/m1/s1. The van der Waals surface area contributed by atoms with Gasteiger partial charge in [0.05, 0.1) is 6.42 Å². The van der Waals surface area contributed by atoms with Gasteiger partial charge in [0.2, 0.25) is 0 Å². The smallest absolute Gasteiger partial charge is 0.310 e. The maximum absolute atomic E-state index is 11.0. The van der Waals surface area contributed by atoms with Gasteiger partial charge in [0.15, 0.2) is 0 Å². The lowest BCUT2D eigenvalue weighted by Crippen LogP contribution is -2.23. The second kappa shape index (κ2) is 6.51. The van der Waals surface area contributed by atoms with E-state index in [-0.39, 0.29) is 12.4 Å². The summed E-state index contributed by atoms with van der Waals surface area (Å²) in [5.41, 5.74) is 0. The first kappa shape index (κ1) is 13.0. The van der Waals surface area contributed by atoms with Crippen molar-refractivity contribution in [3.8, 4) is 0 Å². The molecule has 1 heterocycles. The Morgan fingerprint density at radius 2 is 2.06 bits per heavy atom. The van der Waals surface area contributed by atoms with Crippen LogP contribution in [0, 0.1) is 5.92 Å². The first-order valence-corrected chi connectivity index (χ1v) is 6.07. The average Bonchev–Trinajstić information content (AvgIpc) is 2.59. The highest BCUT2D eigenvalue weighted by atomic mass is 16.6. The van der Waals surface area contributed by atoms with E-state index in [1.807, 2.05) is 0 Å². The van der Waals surface area contributed by atoms with Crippen molar-refractivity contribution in [1.82, 2.24) is 0 Å². The molecular formula is C12H20O4. The summed E-state index contributed by atoms with van der Waals surface area (Å²) >= 11 is 0. The Hall–Kier alpha value is -1.06. The molecule has 92 valence electrons. The number of carbonyl (C=O) groups is 2. The second-order valence-corrected chi connectivity index (χ2v) is 4.38. The summed E-state index contributed by atoms with van der Waals surface area (Å²) in [6, 6.07) is 0. The van der Waals surface area contributed by atoms with E-state index in [1.165, 1.54) is 19.3 Å². The zero-order valence-corrected chi connectivity index (χ0v) is 9.78. The number of carboxylic acids is 1. The summed E-state index contributed by atoms with van der Waals surface area (Å²) in [7, 11) is 0. The van der Waals surface area contributed by atoms with E-state index in [2.05, 4.69) is 6.92 Å². The highest BCUT2D eigenvalue weighted by molar-refractivity contribution is 5.82. The highest BCUT2D eigenvalue weighted by Crippen LogP contribution is 2.26. The number of carbonyl (C=O) groups excluding carboxylic acids is 1. The zero-order chi connectivity index (χ0) is 12.0. The minimum absolute atomic E-state index is 0.0367. The largest absolute Gasteiger partial charge is 0.481 e. The number of carboxylic acid groups (broad SMARTS) is 1. The first-order valence-electron chi connectivity index (χ1n) is 6.07. The third kappa shape index (κ3) is 3.83. The van der Waals surface area contributed by atoms with Gasteiger partial charge in [0.25, 0.3) is 0 Å². The van der Waals surface area contributed by atoms with Crippen molar-refractivity contribution in [3.63, 3.8) is 0 Å². The summed E-state index contributed by atoms with van der Waals surface area (Å²) < 4.78 is 5.02. The van der Waals surface area contributed by atoms with Crippen molar-refractivity contribution >= 4 is 11.9 Å². The van der Waals surface area contributed by atoms with Crippen LogP contribution in [-0.4, -0.2) is 23.1 Å². The average molecular weight is 228 g/mol. The van der Waals surface area contributed by atoms with Gasteiger partial charge in [-0.1, -0.05) is 32.6 Å². The van der Waals surface area contributed by atoms with E-state index in [9.17, 15) is 9.59 Å². The molecule has 0 aromatic carbocycles. The number of ether oxygens (including phenoxy) is 1. The molecule has 16 heavy (non-hydrogen) atoms. The van der Waals surface area contributed by atoms with Crippen LogP contribution in [0.2, 0.25) is 0 Å². The Bertz CT molecular complexity index is 249. The Balaban J connectivity index is 2.24. The van der Waals surface area contributed by atoms with Crippen molar-refractivity contribution in [2.45, 2.75) is 58.0 Å². The Morgan fingerprint density at radius 3 is 2.69 bits per heavy atom. The lowest BCUT2D eigenvalue weighted by molar-refractivity contribution is -0.144. The Kier molecular flexibility index (Phi) is 5.29. The molecule has 0 saturated carbocycles. The lowest BCUT2D eigenvalue weighted by atomic mass is 9.96. The predicted molar refractivity (Wildman–Crippen MR) is 59.0 cm³/mol. The molecule has 1 aliphatic heterocycles. The van der Waals surface area contributed by atoms with Crippen LogP contribution in [0.25, 0.3) is 0 Å². The van der Waals surface area contributed by atoms with E-state index >= 15 is 0 Å². The van der Waals surface area contributed by atoms with Crippen molar-refractivity contribution in [3.05, 3.63) is 0 Å². The summed E-state index contributed by atoms with van der Waals surface area (Å²) in [5.74, 6) is -1.91. The maximum Gasteiger partial charge on any atom is 0.310 e. The van der Waals surface area contributed by atoms with Crippen molar-refractivity contribution in [2.75, 3.05) is 0 Å². The van der Waals surface area contributed by atoms with Crippen LogP contribution in [0.4, 0.5) is 0 Å². The molecule has 4 heteroatoms. The molecule has 1 saturated heterocycles. The molecule has 1 rings (SSSR count). The molecule has 2 atom stereocenters. The fourth-order valence-electron chi connectivity index (χ4n) is 2.07. The van der Waals surface area contributed by atoms with E-state index in [0.717, 1.165) is 12.8 Å². The molecule has 0 aromatic rings. The molecule has 1 fully saturated rings. The van der Waals surface area contributed by atoms with Gasteiger partial charge < -0.3 is 9.84 Å². The molecule has 0 spiro atoms. The Labute approximate surface area is 96.0 Å². The zero-order valence-electron chi connectivity index (χ0n) is 9.78. The topological polar surface area (TPSA) is 63.6 Å². The van der Waals surface area contributed by atoms with E-state index < -0.39 is 18.0 Å². The van der Waals surface area contributed by atoms with Crippen LogP contribution in [0.15, 0.2) is 0 Å². The van der Waals surface area contributed by atoms with Crippen LogP contribution in [-0.2, 0) is 14.3 Å². The normalized spacial score (nSPS) is 24.4. The molecule has 0 aromatic heterocycles. The van der Waals surface area contributed by atoms with Gasteiger partial charge >= 0.3 is 11.9 Å². The molecule has 4 nitrogen and oxygen atoms in total. The number of esters is 1. The highest BCUT2D eigenvalue weighted by Gasteiger charge is 2.39. The van der Waals surface area contributed by atoms with E-state index in [0.29, 0.717) is 6.42 Å². The van der Waals surface area contributed by atoms with Crippen LogP contribution in [0.5, 0.6) is 0 Å². The van der Waals surface area contributed by atoms with Crippen LogP contribution >= 0.6 is 0 Å². The van der Waals surface area contributed by atoms with Gasteiger partial charge in [-0.05, 0) is 12.8 Å². The number of hydrogen-bond donors (Lipinski definition) is 1. The van der Waals surface area contributed by atoms with Crippen LogP contribution < -0.4 is 0 Å². The fraction of sp³-hybridized carbons (Fsp3) is 0.833. The predicted octanol–water partition coefficient (Wildman–Crippen LogP) is 2.36. The molecule has 0 radical (unpaired) electrons. The van der Waals surface area contributed by atoms with Gasteiger partial charge in [0, 0.05) is 0 Å². The number of cyclic esters (lactones) is 1. The van der Waals surface area contributed by atoms with Gasteiger partial charge in [-0.2, -0.15) is 0 Å². The monoisotopic (exact) mass is 228 g/mol. The van der Waals surface area contributed by atoms with Crippen LogP contribution in [0.3, 0.4) is 0 Å². The van der Waals surface area contributed by atoms with Gasteiger partial charge in [-0.15, -0.1) is 0 Å². The van der Waals surface area contributed by atoms with Gasteiger partial charge in [-0.25, -0.2) is 0 Å². The number of hydrogen-bond acceptors (Lipinski definition) is 3. The molecular weight excluding hydrogens is 208 g/mol. The third-order valence-corrected chi connectivity index (χ3v) is 3.03. The number of rotatable bonds is 7. The molecule has 0 unspecified atom stereocenters. The summed E-state index contributed by atoms with van der Waals surface area (Å²) in [5, 5.41) is 8.91. The van der Waals surface area contributed by atoms with Crippen molar-refractivity contribution < 1.29 is 19.4 Å². The van der Waals surface area contributed by atoms with Crippen molar-refractivity contribution in [2.24, 2.45) is 5.92 Å².